The number of nitrogens with zero attached hydrogens (tertiary/aromatic N) is 4. The van der Waals surface area contributed by atoms with Crippen molar-refractivity contribution in [3.8, 4) is 11.4 Å². The van der Waals surface area contributed by atoms with Crippen LogP contribution in [0.5, 0.6) is 5.75 Å². The third-order valence-corrected chi connectivity index (χ3v) is 8.64. The van der Waals surface area contributed by atoms with Crippen molar-refractivity contribution in [1.29, 1.82) is 0 Å². The molecule has 0 unspecified atom stereocenters. The molecule has 2 aliphatic rings. The molecule has 2 aromatic heterocycles. The van der Waals surface area contributed by atoms with E-state index in [4.69, 9.17) is 33.5 Å². The number of halogens is 1. The first-order valence-corrected chi connectivity index (χ1v) is 15.2. The Balaban J connectivity index is 1.40. The Kier molecular flexibility index (Phi) is 7.91. The monoisotopic (exact) mass is 585 g/mol. The van der Waals surface area contributed by atoms with Crippen LogP contribution >= 0.6 is 23.8 Å². The Bertz CT molecular complexity index is 1500. The standard InChI is InChI=1S/C33H36ClN5OS/c1-4-40-26-13-10-24(11-14-26)38-17-7-9-30(38)32-31(28-8-5-6-16-35-28)36-33(41)39(32)25-12-15-29(27(34)19-25)37-20-22(2)18-23(3)21-37/h5-17,19,22-23,31-32H,4,18,20-21H2,1-3H3,(H,36,41)/t22-,23+,31-,32-/m1/s1. The van der Waals surface area contributed by atoms with Crippen molar-refractivity contribution in [2.24, 2.45) is 11.8 Å². The maximum Gasteiger partial charge on any atom is 0.174 e. The summed E-state index contributed by atoms with van der Waals surface area (Å²) in [5, 5.41) is 4.97. The zero-order chi connectivity index (χ0) is 28.5. The van der Waals surface area contributed by atoms with Crippen molar-refractivity contribution in [2.75, 3.05) is 29.5 Å². The number of nitrogens with one attached hydrogen (secondary N) is 1. The smallest absolute Gasteiger partial charge is 0.174 e. The van der Waals surface area contributed by atoms with E-state index in [1.807, 2.05) is 37.4 Å². The summed E-state index contributed by atoms with van der Waals surface area (Å²) in [4.78, 5) is 9.33. The van der Waals surface area contributed by atoms with Crippen LogP contribution in [-0.4, -0.2) is 34.4 Å². The lowest BCUT2D eigenvalue weighted by Crippen LogP contribution is -2.38. The highest BCUT2D eigenvalue weighted by atomic mass is 35.5. The minimum absolute atomic E-state index is 0.151. The SMILES string of the molecule is CCOc1ccc(-n2cccc2[C@@H]2[C@@H](c3ccccn3)NC(=S)N2c2ccc(N3C[C@H](C)C[C@H](C)C3)c(Cl)c2)cc1. The molecule has 2 saturated heterocycles. The minimum atomic E-state index is -0.157. The van der Waals surface area contributed by atoms with E-state index in [2.05, 4.69) is 88.3 Å². The molecule has 6 nitrogen and oxygen atoms in total. The van der Waals surface area contributed by atoms with Crippen molar-refractivity contribution >= 4 is 40.3 Å². The molecule has 1 N–H and O–H groups in total. The lowest BCUT2D eigenvalue weighted by molar-refractivity contribution is 0.340. The summed E-state index contributed by atoms with van der Waals surface area (Å²) in [5.41, 5.74) is 5.12. The fourth-order valence-corrected chi connectivity index (χ4v) is 7.08. The third kappa shape index (κ3) is 5.53. The molecule has 0 bridgehead atoms. The third-order valence-electron chi connectivity index (χ3n) is 8.03. The largest absolute Gasteiger partial charge is 0.494 e. The maximum absolute atomic E-state index is 7.02. The molecule has 0 radical (unpaired) electrons. The lowest BCUT2D eigenvalue weighted by Gasteiger charge is -2.37. The molecular weight excluding hydrogens is 550 g/mol. The van der Waals surface area contributed by atoms with Gasteiger partial charge in [0, 0.05) is 42.6 Å². The first-order valence-electron chi connectivity index (χ1n) is 14.4. The Morgan fingerprint density at radius 2 is 1.73 bits per heavy atom. The Morgan fingerprint density at radius 1 is 0.976 bits per heavy atom. The Morgan fingerprint density at radius 3 is 2.41 bits per heavy atom. The second-order valence-electron chi connectivity index (χ2n) is 11.2. The molecule has 0 amide bonds. The van der Waals surface area contributed by atoms with Crippen molar-refractivity contribution in [3.05, 3.63) is 102 Å². The molecular formula is C33H36ClN5OS. The van der Waals surface area contributed by atoms with Crippen LogP contribution in [0.2, 0.25) is 5.02 Å². The number of thiocarbonyl (C=S) groups is 1. The zero-order valence-corrected chi connectivity index (χ0v) is 25.3. The molecule has 4 atom stereocenters. The highest BCUT2D eigenvalue weighted by Gasteiger charge is 2.42. The summed E-state index contributed by atoms with van der Waals surface area (Å²) in [6.45, 7) is 9.31. The van der Waals surface area contributed by atoms with E-state index >= 15 is 0 Å². The van der Waals surface area contributed by atoms with Gasteiger partial charge in [0.15, 0.2) is 5.11 Å². The number of benzene rings is 2. The molecule has 212 valence electrons. The van der Waals surface area contributed by atoms with E-state index in [0.29, 0.717) is 23.6 Å². The average molecular weight is 586 g/mol. The van der Waals surface area contributed by atoms with Crippen LogP contribution in [0.3, 0.4) is 0 Å². The van der Waals surface area contributed by atoms with Crippen molar-refractivity contribution in [3.63, 3.8) is 0 Å². The molecule has 4 heterocycles. The predicted molar refractivity (Wildman–Crippen MR) is 171 cm³/mol. The maximum atomic E-state index is 7.02. The van der Waals surface area contributed by atoms with Gasteiger partial charge in [0.05, 0.1) is 29.1 Å². The molecule has 2 fully saturated rings. The second kappa shape index (κ2) is 11.7. The van der Waals surface area contributed by atoms with Gasteiger partial charge in [0.25, 0.3) is 0 Å². The Labute approximate surface area is 252 Å². The first kappa shape index (κ1) is 27.6. The number of ether oxygens (including phenoxy) is 1. The van der Waals surface area contributed by atoms with E-state index in [-0.39, 0.29) is 12.1 Å². The van der Waals surface area contributed by atoms with Crippen LogP contribution in [0.4, 0.5) is 11.4 Å². The summed E-state index contributed by atoms with van der Waals surface area (Å²) < 4.78 is 7.89. The van der Waals surface area contributed by atoms with Crippen LogP contribution in [0.1, 0.15) is 50.7 Å². The number of piperidine rings is 1. The molecule has 4 aromatic rings. The van der Waals surface area contributed by atoms with Crippen molar-refractivity contribution in [2.45, 2.75) is 39.3 Å². The number of hydrogen-bond acceptors (Lipinski definition) is 4. The van der Waals surface area contributed by atoms with E-state index in [1.165, 1.54) is 6.42 Å². The minimum Gasteiger partial charge on any atom is -0.494 e. The van der Waals surface area contributed by atoms with Crippen LogP contribution in [0.15, 0.2) is 85.2 Å². The number of anilines is 2. The zero-order valence-electron chi connectivity index (χ0n) is 23.7. The van der Waals surface area contributed by atoms with Crippen molar-refractivity contribution < 1.29 is 4.74 Å². The summed E-state index contributed by atoms with van der Waals surface area (Å²) in [5.74, 6) is 2.14. The Hall–Kier alpha value is -3.55. The van der Waals surface area contributed by atoms with Crippen LogP contribution in [0.25, 0.3) is 5.69 Å². The second-order valence-corrected chi connectivity index (χ2v) is 12.0. The van der Waals surface area contributed by atoms with E-state index in [9.17, 15) is 0 Å². The molecule has 6 rings (SSSR count). The molecule has 8 heteroatoms. The van der Waals surface area contributed by atoms with Gasteiger partial charge < -0.3 is 24.4 Å². The highest BCUT2D eigenvalue weighted by Crippen LogP contribution is 2.44. The first-order chi connectivity index (χ1) is 19.9. The predicted octanol–water partition coefficient (Wildman–Crippen LogP) is 7.58. The highest BCUT2D eigenvalue weighted by molar-refractivity contribution is 7.80. The topological polar surface area (TPSA) is 45.6 Å². The molecule has 0 saturated carbocycles. The fraction of sp³-hybridized carbons (Fsp3) is 0.333. The quantitative estimate of drug-likeness (QED) is 0.226. The molecule has 0 aliphatic carbocycles. The molecule has 41 heavy (non-hydrogen) atoms. The molecule has 2 aliphatic heterocycles. The van der Waals surface area contributed by atoms with Gasteiger partial charge in [0.2, 0.25) is 0 Å². The van der Waals surface area contributed by atoms with E-state index in [0.717, 1.165) is 52.3 Å². The van der Waals surface area contributed by atoms with E-state index in [1.54, 1.807) is 0 Å². The number of hydrogen-bond donors (Lipinski definition) is 1. The van der Waals surface area contributed by atoms with Gasteiger partial charge in [-0.3, -0.25) is 4.98 Å². The van der Waals surface area contributed by atoms with Crippen molar-refractivity contribution in [1.82, 2.24) is 14.9 Å². The lowest BCUT2D eigenvalue weighted by atomic mass is 9.91. The van der Waals surface area contributed by atoms with Gasteiger partial charge in [-0.2, -0.15) is 0 Å². The van der Waals surface area contributed by atoms with Crippen LogP contribution < -0.4 is 19.9 Å². The summed E-state index contributed by atoms with van der Waals surface area (Å²) >= 11 is 13.0. The van der Waals surface area contributed by atoms with Crippen LogP contribution in [-0.2, 0) is 0 Å². The normalized spacial score (nSPS) is 22.6. The van der Waals surface area contributed by atoms with Gasteiger partial charge in [-0.15, -0.1) is 0 Å². The van der Waals surface area contributed by atoms with Gasteiger partial charge >= 0.3 is 0 Å². The van der Waals surface area contributed by atoms with Crippen LogP contribution in [0, 0.1) is 11.8 Å². The summed E-state index contributed by atoms with van der Waals surface area (Å²) in [7, 11) is 0. The van der Waals surface area contributed by atoms with Gasteiger partial charge in [-0.05, 0) is 104 Å². The molecule has 0 spiro atoms. The van der Waals surface area contributed by atoms with Gasteiger partial charge in [-0.1, -0.05) is 31.5 Å². The summed E-state index contributed by atoms with van der Waals surface area (Å²) in [6.07, 6.45) is 5.18. The van der Waals surface area contributed by atoms with Gasteiger partial charge in [-0.25, -0.2) is 0 Å². The summed E-state index contributed by atoms with van der Waals surface area (Å²) in [6, 6.07) is 24.5. The van der Waals surface area contributed by atoms with E-state index < -0.39 is 0 Å². The number of rotatable bonds is 7. The van der Waals surface area contributed by atoms with Gasteiger partial charge in [0.1, 0.15) is 11.8 Å². The average Bonchev–Trinajstić information content (AvgIpc) is 3.58. The molecule has 2 aromatic carbocycles. The number of pyridine rings is 1. The fourth-order valence-electron chi connectivity index (χ4n) is 6.44. The number of aromatic nitrogens is 2.